The van der Waals surface area contributed by atoms with E-state index in [2.05, 4.69) is 0 Å². The van der Waals surface area contributed by atoms with Gasteiger partial charge in [0.2, 0.25) is 12.6 Å². The van der Waals surface area contributed by atoms with E-state index in [1.807, 2.05) is 37.3 Å². The van der Waals surface area contributed by atoms with Gasteiger partial charge in [-0.2, -0.15) is 5.26 Å². The van der Waals surface area contributed by atoms with Crippen molar-refractivity contribution in [3.8, 4) is 17.6 Å². The van der Waals surface area contributed by atoms with Crippen LogP contribution in [0.5, 0.6) is 11.5 Å². The summed E-state index contributed by atoms with van der Waals surface area (Å²) >= 11 is 0. The van der Waals surface area contributed by atoms with E-state index in [9.17, 15) is 10.1 Å². The molecule has 108 valence electrons. The van der Waals surface area contributed by atoms with Crippen LogP contribution in [0.25, 0.3) is 6.08 Å². The third-order valence-corrected chi connectivity index (χ3v) is 3.39. The monoisotopic (exact) mass is 291 g/mol. The van der Waals surface area contributed by atoms with Gasteiger partial charge < -0.3 is 9.47 Å². The molecule has 0 saturated carbocycles. The fourth-order valence-electron chi connectivity index (χ4n) is 2.17. The van der Waals surface area contributed by atoms with E-state index < -0.39 is 0 Å². The molecule has 0 atom stereocenters. The Labute approximate surface area is 128 Å². The topological polar surface area (TPSA) is 59.3 Å². The van der Waals surface area contributed by atoms with Gasteiger partial charge in [-0.05, 0) is 36.8 Å². The van der Waals surface area contributed by atoms with Crippen LogP contribution in [-0.2, 0) is 0 Å². The number of nitriles is 1. The molecule has 2 aromatic rings. The van der Waals surface area contributed by atoms with Crippen LogP contribution in [0.1, 0.15) is 21.5 Å². The third kappa shape index (κ3) is 2.70. The van der Waals surface area contributed by atoms with Gasteiger partial charge in [-0.1, -0.05) is 29.8 Å². The highest BCUT2D eigenvalue weighted by Gasteiger charge is 2.18. The van der Waals surface area contributed by atoms with E-state index in [4.69, 9.17) is 9.47 Å². The Kier molecular flexibility index (Phi) is 3.63. The standard InChI is InChI=1S/C18H13NO3/c1-12-2-4-13(5-3-12)8-15(10-19)18(20)14-6-7-16-17(9-14)22-11-21-16/h2-9H,11H2,1H3/b15-8+. The molecule has 1 heterocycles. The number of benzene rings is 2. The zero-order valence-electron chi connectivity index (χ0n) is 12.0. The first-order valence-electron chi connectivity index (χ1n) is 6.80. The summed E-state index contributed by atoms with van der Waals surface area (Å²) in [5.74, 6) is 0.803. The minimum atomic E-state index is -0.332. The summed E-state index contributed by atoms with van der Waals surface area (Å²) in [6, 6.07) is 14.5. The fourth-order valence-corrected chi connectivity index (χ4v) is 2.17. The number of Topliss-reactive ketones (excluding diaryl/α,β-unsaturated/α-hetero) is 1. The lowest BCUT2D eigenvalue weighted by Crippen LogP contribution is -2.02. The average Bonchev–Trinajstić information content (AvgIpc) is 3.01. The smallest absolute Gasteiger partial charge is 0.231 e. The van der Waals surface area contributed by atoms with Gasteiger partial charge in [0.05, 0.1) is 0 Å². The quantitative estimate of drug-likeness (QED) is 0.493. The molecule has 0 amide bonds. The maximum absolute atomic E-state index is 12.5. The van der Waals surface area contributed by atoms with Crippen molar-refractivity contribution in [1.29, 1.82) is 5.26 Å². The van der Waals surface area contributed by atoms with E-state index in [0.29, 0.717) is 17.1 Å². The summed E-state index contributed by atoms with van der Waals surface area (Å²) in [7, 11) is 0. The summed E-state index contributed by atoms with van der Waals surface area (Å²) in [6.07, 6.45) is 1.59. The van der Waals surface area contributed by atoms with Gasteiger partial charge in [0.15, 0.2) is 11.5 Å². The normalized spacial score (nSPS) is 12.8. The number of hydrogen-bond donors (Lipinski definition) is 0. The van der Waals surface area contributed by atoms with Crippen molar-refractivity contribution in [2.24, 2.45) is 0 Å². The number of carbonyl (C=O) groups is 1. The first-order valence-corrected chi connectivity index (χ1v) is 6.80. The molecule has 3 rings (SSSR count). The van der Waals surface area contributed by atoms with Crippen LogP contribution in [0.2, 0.25) is 0 Å². The van der Waals surface area contributed by atoms with Crippen molar-refractivity contribution in [3.05, 3.63) is 64.7 Å². The highest BCUT2D eigenvalue weighted by Crippen LogP contribution is 2.33. The number of rotatable bonds is 3. The number of aryl methyl sites for hydroxylation is 1. The molecule has 22 heavy (non-hydrogen) atoms. The minimum Gasteiger partial charge on any atom is -0.454 e. The Balaban J connectivity index is 1.92. The zero-order valence-corrected chi connectivity index (χ0v) is 12.0. The lowest BCUT2D eigenvalue weighted by atomic mass is 10.0. The molecule has 0 spiro atoms. The molecule has 4 heteroatoms. The Morgan fingerprint density at radius 2 is 1.86 bits per heavy atom. The molecular formula is C18H13NO3. The molecule has 4 nitrogen and oxygen atoms in total. The summed E-state index contributed by atoms with van der Waals surface area (Å²) in [4.78, 5) is 12.5. The third-order valence-electron chi connectivity index (χ3n) is 3.39. The number of ketones is 1. The Bertz CT molecular complexity index is 798. The number of fused-ring (bicyclic) bond motifs is 1. The number of allylic oxidation sites excluding steroid dienone is 1. The summed E-state index contributed by atoms with van der Waals surface area (Å²) in [5, 5.41) is 9.27. The molecule has 0 radical (unpaired) electrons. The van der Waals surface area contributed by atoms with Crippen molar-refractivity contribution in [2.75, 3.05) is 6.79 Å². The van der Waals surface area contributed by atoms with E-state index in [1.165, 1.54) is 0 Å². The van der Waals surface area contributed by atoms with Crippen LogP contribution in [0.15, 0.2) is 48.0 Å². The van der Waals surface area contributed by atoms with Gasteiger partial charge in [-0.25, -0.2) is 0 Å². The highest BCUT2D eigenvalue weighted by molar-refractivity contribution is 6.14. The average molecular weight is 291 g/mol. The Morgan fingerprint density at radius 3 is 2.59 bits per heavy atom. The van der Waals surface area contributed by atoms with Gasteiger partial charge in [-0.15, -0.1) is 0 Å². The van der Waals surface area contributed by atoms with Gasteiger partial charge in [-0.3, -0.25) is 4.79 Å². The van der Waals surface area contributed by atoms with E-state index in [0.717, 1.165) is 11.1 Å². The molecule has 0 N–H and O–H groups in total. The maximum Gasteiger partial charge on any atom is 0.231 e. The van der Waals surface area contributed by atoms with E-state index in [-0.39, 0.29) is 18.1 Å². The molecular weight excluding hydrogens is 278 g/mol. The highest BCUT2D eigenvalue weighted by atomic mass is 16.7. The molecule has 0 bridgehead atoms. The second kappa shape index (κ2) is 5.74. The SMILES string of the molecule is Cc1ccc(/C=C(\C#N)C(=O)c2ccc3c(c2)OCO3)cc1. The van der Waals surface area contributed by atoms with Gasteiger partial charge in [0.1, 0.15) is 11.6 Å². The number of carbonyl (C=O) groups excluding carboxylic acids is 1. The van der Waals surface area contributed by atoms with E-state index >= 15 is 0 Å². The van der Waals surface area contributed by atoms with Crippen molar-refractivity contribution in [3.63, 3.8) is 0 Å². The Morgan fingerprint density at radius 1 is 1.14 bits per heavy atom. The van der Waals surface area contributed by atoms with Crippen LogP contribution < -0.4 is 9.47 Å². The predicted octanol–water partition coefficient (Wildman–Crippen LogP) is 3.51. The van der Waals surface area contributed by atoms with Crippen molar-refractivity contribution in [1.82, 2.24) is 0 Å². The van der Waals surface area contributed by atoms with Crippen LogP contribution in [0, 0.1) is 18.3 Å². The molecule has 0 aromatic heterocycles. The van der Waals surface area contributed by atoms with Crippen molar-refractivity contribution < 1.29 is 14.3 Å². The maximum atomic E-state index is 12.5. The van der Waals surface area contributed by atoms with Crippen LogP contribution in [0.3, 0.4) is 0 Å². The van der Waals surface area contributed by atoms with Crippen molar-refractivity contribution >= 4 is 11.9 Å². The lowest BCUT2D eigenvalue weighted by molar-refractivity contribution is 0.103. The molecule has 0 aliphatic carbocycles. The fraction of sp³-hybridized carbons (Fsp3) is 0.111. The molecule has 0 saturated heterocycles. The molecule has 0 unspecified atom stereocenters. The molecule has 1 aliphatic heterocycles. The molecule has 2 aromatic carbocycles. The zero-order chi connectivity index (χ0) is 15.5. The largest absolute Gasteiger partial charge is 0.454 e. The summed E-state index contributed by atoms with van der Waals surface area (Å²) in [6.45, 7) is 2.13. The van der Waals surface area contributed by atoms with Gasteiger partial charge in [0.25, 0.3) is 0 Å². The van der Waals surface area contributed by atoms with Crippen LogP contribution in [-0.4, -0.2) is 12.6 Å². The molecule has 0 fully saturated rings. The summed E-state index contributed by atoms with van der Waals surface area (Å²) < 4.78 is 10.5. The van der Waals surface area contributed by atoms with Crippen molar-refractivity contribution in [2.45, 2.75) is 6.92 Å². The van der Waals surface area contributed by atoms with Gasteiger partial charge in [0, 0.05) is 5.56 Å². The Hall–Kier alpha value is -3.06. The summed E-state index contributed by atoms with van der Waals surface area (Å²) in [5.41, 5.74) is 2.43. The number of ether oxygens (including phenoxy) is 2. The number of hydrogen-bond acceptors (Lipinski definition) is 4. The predicted molar refractivity (Wildman–Crippen MR) is 81.7 cm³/mol. The van der Waals surface area contributed by atoms with Gasteiger partial charge >= 0.3 is 0 Å². The van der Waals surface area contributed by atoms with E-state index in [1.54, 1.807) is 24.3 Å². The first-order chi connectivity index (χ1) is 10.7. The minimum absolute atomic E-state index is 0.0859. The second-order valence-corrected chi connectivity index (χ2v) is 4.98. The van der Waals surface area contributed by atoms with Crippen LogP contribution >= 0.6 is 0 Å². The van der Waals surface area contributed by atoms with Crippen LogP contribution in [0.4, 0.5) is 0 Å². The number of nitrogens with zero attached hydrogens (tertiary/aromatic N) is 1. The molecule has 1 aliphatic rings. The lowest BCUT2D eigenvalue weighted by Gasteiger charge is -2.02. The second-order valence-electron chi connectivity index (χ2n) is 4.98. The first kappa shape index (κ1) is 13.9.